The van der Waals surface area contributed by atoms with E-state index in [0.717, 1.165) is 16.3 Å². The summed E-state index contributed by atoms with van der Waals surface area (Å²) < 4.78 is 5.58. The summed E-state index contributed by atoms with van der Waals surface area (Å²) >= 11 is 4.62. The second-order valence-electron chi connectivity index (χ2n) is 4.27. The van der Waals surface area contributed by atoms with E-state index in [-0.39, 0.29) is 12.5 Å². The first-order chi connectivity index (χ1) is 10.0. The molecule has 0 saturated heterocycles. The Balaban J connectivity index is 2.33. The van der Waals surface area contributed by atoms with Crippen molar-refractivity contribution in [2.24, 2.45) is 0 Å². The van der Waals surface area contributed by atoms with Crippen LogP contribution in [0.3, 0.4) is 0 Å². The Hall–Kier alpha value is -1.73. The number of nitrogens with zero attached hydrogens (tertiary/aromatic N) is 2. The van der Waals surface area contributed by atoms with Crippen LogP contribution in [0.1, 0.15) is 9.67 Å². The Kier molecular flexibility index (Phi) is 5.08. The second-order valence-corrected chi connectivity index (χ2v) is 6.19. The van der Waals surface area contributed by atoms with Gasteiger partial charge in [0, 0.05) is 17.1 Å². The zero-order valence-electron chi connectivity index (χ0n) is 11.5. The third-order valence-corrected chi connectivity index (χ3v) is 4.41. The first kappa shape index (κ1) is 15.7. The molecule has 0 unspecified atom stereocenters. The molecule has 7 heteroatoms. The number of likely N-dealkylation sites (N-methyl/N-ethyl adjacent to an activating group) is 1. The molecule has 0 atom stereocenters. The predicted octanol–water partition coefficient (Wildman–Crippen LogP) is 2.99. The smallest absolute Gasteiger partial charge is 0.325 e. The van der Waals surface area contributed by atoms with Crippen LogP contribution < -0.4 is 4.90 Å². The lowest BCUT2D eigenvalue weighted by Crippen LogP contribution is -2.26. The number of methoxy groups -OCH3 is 1. The molecule has 0 saturated carbocycles. The molecule has 0 fully saturated rings. The molecule has 2 aromatic rings. The van der Waals surface area contributed by atoms with Crippen molar-refractivity contribution in [1.29, 1.82) is 0 Å². The van der Waals surface area contributed by atoms with Crippen LogP contribution in [0.15, 0.2) is 28.7 Å². The Morgan fingerprint density at radius 1 is 1.43 bits per heavy atom. The summed E-state index contributed by atoms with van der Waals surface area (Å²) in [7, 11) is 3.07. The molecule has 0 spiro atoms. The van der Waals surface area contributed by atoms with E-state index in [1.54, 1.807) is 11.9 Å². The number of hydrogen-bond donors (Lipinski definition) is 0. The monoisotopic (exact) mass is 368 g/mol. The number of rotatable bonds is 5. The minimum atomic E-state index is -0.356. The van der Waals surface area contributed by atoms with Crippen LogP contribution in [0.5, 0.6) is 0 Å². The maximum Gasteiger partial charge on any atom is 0.325 e. The van der Waals surface area contributed by atoms with Crippen molar-refractivity contribution >= 4 is 44.7 Å². The van der Waals surface area contributed by atoms with Crippen LogP contribution in [0.2, 0.25) is 0 Å². The maximum atomic E-state index is 11.3. The molecule has 1 aromatic heterocycles. The van der Waals surface area contributed by atoms with Crippen molar-refractivity contribution in [2.75, 3.05) is 25.6 Å². The topological polar surface area (TPSA) is 59.5 Å². The van der Waals surface area contributed by atoms with Crippen LogP contribution >= 0.6 is 27.3 Å². The molecule has 0 aliphatic carbocycles. The van der Waals surface area contributed by atoms with E-state index < -0.39 is 0 Å². The number of anilines is 1. The third-order valence-electron chi connectivity index (χ3n) is 2.79. The lowest BCUT2D eigenvalue weighted by molar-refractivity contribution is -0.138. The summed E-state index contributed by atoms with van der Waals surface area (Å²) in [6.07, 6.45) is 0.782. The highest BCUT2D eigenvalue weighted by atomic mass is 79.9. The van der Waals surface area contributed by atoms with Crippen LogP contribution in [-0.4, -0.2) is 37.9 Å². The largest absolute Gasteiger partial charge is 0.468 e. The SMILES string of the molecule is COC(=O)CN(C)c1nc(-c2ccc(Br)cc2)c(C=O)s1. The fourth-order valence-corrected chi connectivity index (χ4v) is 2.83. The standard InChI is InChI=1S/C14H13BrN2O3S/c1-17(7-12(19)20-2)14-16-13(11(8-18)21-14)9-3-5-10(15)6-4-9/h3-6,8H,7H2,1-2H3. The van der Waals surface area contributed by atoms with Gasteiger partial charge in [-0.25, -0.2) is 4.98 Å². The zero-order chi connectivity index (χ0) is 15.4. The van der Waals surface area contributed by atoms with Crippen LogP contribution in [0.4, 0.5) is 5.13 Å². The Morgan fingerprint density at radius 3 is 2.67 bits per heavy atom. The van der Waals surface area contributed by atoms with Crippen LogP contribution in [0, 0.1) is 0 Å². The second kappa shape index (κ2) is 6.82. The molecule has 0 aliphatic heterocycles. The molecule has 21 heavy (non-hydrogen) atoms. The molecule has 1 aromatic carbocycles. The number of esters is 1. The van der Waals surface area contributed by atoms with Gasteiger partial charge >= 0.3 is 5.97 Å². The molecule has 0 bridgehead atoms. The van der Waals surface area contributed by atoms with Crippen molar-refractivity contribution in [3.8, 4) is 11.3 Å². The lowest BCUT2D eigenvalue weighted by atomic mass is 10.1. The highest BCUT2D eigenvalue weighted by Crippen LogP contribution is 2.32. The number of thiazole rings is 1. The molecule has 5 nitrogen and oxygen atoms in total. The van der Waals surface area contributed by atoms with Gasteiger partial charge in [0.15, 0.2) is 11.4 Å². The number of aldehydes is 1. The van der Waals surface area contributed by atoms with Gasteiger partial charge in [-0.05, 0) is 12.1 Å². The molecule has 0 amide bonds. The first-order valence-corrected chi connectivity index (χ1v) is 7.66. The number of carbonyl (C=O) groups excluding carboxylic acids is 2. The van der Waals surface area contributed by atoms with Crippen LogP contribution in [0.25, 0.3) is 11.3 Å². The molecule has 2 rings (SSSR count). The molecular formula is C14H13BrN2O3S. The van der Waals surface area contributed by atoms with Gasteiger partial charge in [-0.15, -0.1) is 0 Å². The minimum absolute atomic E-state index is 0.0854. The number of ether oxygens (including phenoxy) is 1. The summed E-state index contributed by atoms with van der Waals surface area (Å²) in [6, 6.07) is 7.55. The van der Waals surface area contributed by atoms with Crippen molar-refractivity contribution in [1.82, 2.24) is 4.98 Å². The van der Waals surface area contributed by atoms with Crippen molar-refractivity contribution in [3.05, 3.63) is 33.6 Å². The number of aromatic nitrogens is 1. The van der Waals surface area contributed by atoms with Crippen molar-refractivity contribution < 1.29 is 14.3 Å². The summed E-state index contributed by atoms with van der Waals surface area (Å²) in [5.74, 6) is -0.356. The van der Waals surface area contributed by atoms with Gasteiger partial charge in [0.1, 0.15) is 6.54 Å². The molecule has 0 radical (unpaired) electrons. The zero-order valence-corrected chi connectivity index (χ0v) is 13.9. The summed E-state index contributed by atoms with van der Waals surface area (Å²) in [5, 5.41) is 0.598. The van der Waals surface area contributed by atoms with E-state index in [1.165, 1.54) is 18.4 Å². The molecule has 1 heterocycles. The van der Waals surface area contributed by atoms with Gasteiger partial charge in [-0.3, -0.25) is 9.59 Å². The van der Waals surface area contributed by atoms with E-state index >= 15 is 0 Å². The van der Waals surface area contributed by atoms with Crippen molar-refractivity contribution in [2.45, 2.75) is 0 Å². The Morgan fingerprint density at radius 2 is 2.10 bits per heavy atom. The number of halogens is 1. The molecule has 0 N–H and O–H groups in total. The van der Waals surface area contributed by atoms with E-state index in [0.29, 0.717) is 15.7 Å². The highest BCUT2D eigenvalue weighted by Gasteiger charge is 2.17. The molecule has 0 aliphatic rings. The number of benzene rings is 1. The predicted molar refractivity (Wildman–Crippen MR) is 85.9 cm³/mol. The van der Waals surface area contributed by atoms with Gasteiger partial charge < -0.3 is 9.64 Å². The van der Waals surface area contributed by atoms with Crippen LogP contribution in [-0.2, 0) is 9.53 Å². The summed E-state index contributed by atoms with van der Waals surface area (Å²) in [4.78, 5) is 29.2. The quantitative estimate of drug-likeness (QED) is 0.599. The van der Waals surface area contributed by atoms with E-state index in [1.807, 2.05) is 24.3 Å². The molecule has 110 valence electrons. The minimum Gasteiger partial charge on any atom is -0.468 e. The van der Waals surface area contributed by atoms with Crippen molar-refractivity contribution in [3.63, 3.8) is 0 Å². The Bertz CT molecular complexity index is 655. The normalized spacial score (nSPS) is 10.2. The van der Waals surface area contributed by atoms with Gasteiger partial charge in [0.25, 0.3) is 0 Å². The van der Waals surface area contributed by atoms with E-state index in [2.05, 4.69) is 25.7 Å². The van der Waals surface area contributed by atoms with Gasteiger partial charge in [0.05, 0.1) is 17.7 Å². The number of hydrogen-bond acceptors (Lipinski definition) is 6. The van der Waals surface area contributed by atoms with Gasteiger partial charge in [-0.1, -0.05) is 39.4 Å². The fourth-order valence-electron chi connectivity index (χ4n) is 1.70. The van der Waals surface area contributed by atoms with E-state index in [4.69, 9.17) is 0 Å². The summed E-state index contributed by atoms with van der Waals surface area (Å²) in [6.45, 7) is 0.0854. The molecular weight excluding hydrogens is 356 g/mol. The van der Waals surface area contributed by atoms with E-state index in [9.17, 15) is 9.59 Å². The Labute approximate surface area is 134 Å². The van der Waals surface area contributed by atoms with Gasteiger partial charge in [0.2, 0.25) is 0 Å². The summed E-state index contributed by atoms with van der Waals surface area (Å²) in [5.41, 5.74) is 1.48. The highest BCUT2D eigenvalue weighted by molar-refractivity contribution is 9.10. The number of carbonyl (C=O) groups is 2. The van der Waals surface area contributed by atoms with Gasteiger partial charge in [-0.2, -0.15) is 0 Å². The first-order valence-electron chi connectivity index (χ1n) is 6.05. The lowest BCUT2D eigenvalue weighted by Gasteiger charge is -2.13. The fraction of sp³-hybridized carbons (Fsp3) is 0.214. The third kappa shape index (κ3) is 3.68. The average Bonchev–Trinajstić information content (AvgIpc) is 2.92. The average molecular weight is 369 g/mol. The maximum absolute atomic E-state index is 11.3.